The number of nitro groups is 1. The molecule has 32 heavy (non-hydrogen) atoms. The number of benzene rings is 2. The van der Waals surface area contributed by atoms with E-state index < -0.39 is 10.8 Å². The molecule has 0 aromatic heterocycles. The summed E-state index contributed by atoms with van der Waals surface area (Å²) in [6.07, 6.45) is 5.08. The highest BCUT2D eigenvalue weighted by Crippen LogP contribution is 2.31. The minimum Gasteiger partial charge on any atom is -0.493 e. The van der Waals surface area contributed by atoms with Gasteiger partial charge in [-0.2, -0.15) is 0 Å². The van der Waals surface area contributed by atoms with Crippen LogP contribution in [0.5, 0.6) is 11.5 Å². The lowest BCUT2D eigenvalue weighted by atomic mass is 9.93. The van der Waals surface area contributed by atoms with Gasteiger partial charge in [0.05, 0.1) is 12.0 Å². The molecule has 0 aliphatic heterocycles. The van der Waals surface area contributed by atoms with E-state index in [0.29, 0.717) is 23.6 Å². The number of nitro benzene ring substituents is 1. The molecule has 0 spiro atoms. The largest absolute Gasteiger partial charge is 0.493 e. The van der Waals surface area contributed by atoms with Crippen LogP contribution in [0.2, 0.25) is 0 Å². The second kappa shape index (κ2) is 10.6. The highest BCUT2D eigenvalue weighted by molar-refractivity contribution is 5.94. The summed E-state index contributed by atoms with van der Waals surface area (Å²) in [6.45, 7) is 0.0927. The maximum atomic E-state index is 13.4. The maximum absolute atomic E-state index is 13.4. The minimum absolute atomic E-state index is 0.0537. The van der Waals surface area contributed by atoms with E-state index >= 15 is 0 Å². The van der Waals surface area contributed by atoms with Crippen LogP contribution in [0, 0.1) is 10.1 Å². The molecule has 0 radical (unpaired) electrons. The molecule has 2 amide bonds. The molecule has 2 N–H and O–H groups in total. The van der Waals surface area contributed by atoms with Crippen LogP contribution >= 0.6 is 0 Å². The first-order valence-electron chi connectivity index (χ1n) is 10.5. The molecule has 1 aliphatic rings. The number of hydrogen-bond acceptors (Lipinski definition) is 6. The van der Waals surface area contributed by atoms with Gasteiger partial charge in [0.25, 0.3) is 17.5 Å². The molecule has 2 aromatic carbocycles. The summed E-state index contributed by atoms with van der Waals surface area (Å²) in [4.78, 5) is 36.7. The molecule has 2 aromatic rings. The van der Waals surface area contributed by atoms with Crippen molar-refractivity contribution in [1.29, 1.82) is 0 Å². The fourth-order valence-corrected chi connectivity index (χ4v) is 3.93. The van der Waals surface area contributed by atoms with Crippen molar-refractivity contribution in [2.24, 2.45) is 5.73 Å². The fraction of sp³-hybridized carbons (Fsp3) is 0.391. The van der Waals surface area contributed by atoms with Crippen LogP contribution in [0.25, 0.3) is 0 Å². The Morgan fingerprint density at radius 3 is 2.38 bits per heavy atom. The van der Waals surface area contributed by atoms with Crippen LogP contribution in [0.4, 0.5) is 5.69 Å². The van der Waals surface area contributed by atoms with Gasteiger partial charge in [0, 0.05) is 30.3 Å². The third kappa shape index (κ3) is 5.75. The third-order valence-electron chi connectivity index (χ3n) is 5.55. The average molecular weight is 441 g/mol. The van der Waals surface area contributed by atoms with E-state index in [2.05, 4.69) is 0 Å². The van der Waals surface area contributed by atoms with Gasteiger partial charge >= 0.3 is 0 Å². The molecule has 9 heteroatoms. The number of methoxy groups -OCH3 is 1. The van der Waals surface area contributed by atoms with Gasteiger partial charge in [-0.25, -0.2) is 0 Å². The predicted octanol–water partition coefficient (Wildman–Crippen LogP) is 3.44. The minimum atomic E-state index is -0.590. The SMILES string of the molecule is COc1cc(CN(C(=O)c2ccc([N+](=O)[O-])cc2)C2CCCCC2)ccc1OCC(N)=O. The van der Waals surface area contributed by atoms with E-state index in [1.165, 1.54) is 31.4 Å². The smallest absolute Gasteiger partial charge is 0.269 e. The number of nitrogens with two attached hydrogens (primary N) is 1. The van der Waals surface area contributed by atoms with Gasteiger partial charge in [-0.1, -0.05) is 25.3 Å². The molecule has 0 bridgehead atoms. The standard InChI is InChI=1S/C23H27N3O6/c1-31-21-13-16(7-12-20(21)32-15-22(24)27)14-25(18-5-3-2-4-6-18)23(28)17-8-10-19(11-9-17)26(29)30/h7-13,18H,2-6,14-15H2,1H3,(H2,24,27). The lowest BCUT2D eigenvalue weighted by molar-refractivity contribution is -0.384. The number of rotatable bonds is 9. The quantitative estimate of drug-likeness (QED) is 0.469. The lowest BCUT2D eigenvalue weighted by Crippen LogP contribution is -2.41. The number of primary amides is 1. The fourth-order valence-electron chi connectivity index (χ4n) is 3.93. The number of ether oxygens (including phenoxy) is 2. The van der Waals surface area contributed by atoms with Gasteiger partial charge in [-0.15, -0.1) is 0 Å². The van der Waals surface area contributed by atoms with Crippen LogP contribution in [-0.4, -0.2) is 41.4 Å². The summed E-state index contributed by atoms with van der Waals surface area (Å²) in [5.74, 6) is 0.0733. The van der Waals surface area contributed by atoms with Crippen molar-refractivity contribution >= 4 is 17.5 Å². The average Bonchev–Trinajstić information content (AvgIpc) is 2.81. The van der Waals surface area contributed by atoms with E-state index in [9.17, 15) is 19.7 Å². The summed E-state index contributed by atoms with van der Waals surface area (Å²) in [7, 11) is 1.50. The van der Waals surface area contributed by atoms with Crippen LogP contribution in [0.1, 0.15) is 48.0 Å². The zero-order valence-corrected chi connectivity index (χ0v) is 18.0. The normalized spacial score (nSPS) is 13.9. The molecule has 0 heterocycles. The first-order valence-corrected chi connectivity index (χ1v) is 10.5. The number of carbonyl (C=O) groups is 2. The molecule has 0 saturated heterocycles. The molecule has 1 fully saturated rings. The Bertz CT molecular complexity index is 970. The van der Waals surface area contributed by atoms with Crippen LogP contribution < -0.4 is 15.2 Å². The highest BCUT2D eigenvalue weighted by Gasteiger charge is 2.27. The molecule has 3 rings (SSSR count). The lowest BCUT2D eigenvalue weighted by Gasteiger charge is -2.34. The number of nitrogens with zero attached hydrogens (tertiary/aromatic N) is 2. The van der Waals surface area contributed by atoms with Crippen molar-refractivity contribution in [3.05, 3.63) is 63.7 Å². The van der Waals surface area contributed by atoms with Gasteiger partial charge in [0.2, 0.25) is 0 Å². The monoisotopic (exact) mass is 441 g/mol. The molecule has 0 unspecified atom stereocenters. The van der Waals surface area contributed by atoms with Crippen molar-refractivity contribution in [2.45, 2.75) is 44.7 Å². The van der Waals surface area contributed by atoms with Crippen molar-refractivity contribution in [1.82, 2.24) is 4.90 Å². The highest BCUT2D eigenvalue weighted by atomic mass is 16.6. The molecule has 1 saturated carbocycles. The van der Waals surface area contributed by atoms with Gasteiger partial charge in [0.1, 0.15) is 0 Å². The Morgan fingerprint density at radius 2 is 1.78 bits per heavy atom. The van der Waals surface area contributed by atoms with Crippen molar-refractivity contribution in [3.63, 3.8) is 0 Å². The second-order valence-corrected chi connectivity index (χ2v) is 7.77. The van der Waals surface area contributed by atoms with E-state index in [1.54, 1.807) is 12.1 Å². The van der Waals surface area contributed by atoms with Gasteiger partial charge < -0.3 is 20.1 Å². The number of amides is 2. The van der Waals surface area contributed by atoms with Gasteiger partial charge in [0.15, 0.2) is 18.1 Å². The van der Waals surface area contributed by atoms with Crippen molar-refractivity contribution in [2.75, 3.05) is 13.7 Å². The molecule has 0 atom stereocenters. The molecule has 9 nitrogen and oxygen atoms in total. The Balaban J connectivity index is 1.85. The first-order chi connectivity index (χ1) is 15.4. The zero-order valence-electron chi connectivity index (χ0n) is 18.0. The summed E-state index contributed by atoms with van der Waals surface area (Å²) in [5.41, 5.74) is 6.34. The summed E-state index contributed by atoms with van der Waals surface area (Å²) < 4.78 is 10.8. The summed E-state index contributed by atoms with van der Waals surface area (Å²) in [5, 5.41) is 10.9. The zero-order chi connectivity index (χ0) is 23.1. The topological polar surface area (TPSA) is 125 Å². The van der Waals surface area contributed by atoms with E-state index in [1.807, 2.05) is 11.0 Å². The van der Waals surface area contributed by atoms with Crippen LogP contribution in [0.3, 0.4) is 0 Å². The van der Waals surface area contributed by atoms with E-state index in [0.717, 1.165) is 37.7 Å². The molecular weight excluding hydrogens is 414 g/mol. The van der Waals surface area contributed by atoms with E-state index in [4.69, 9.17) is 15.2 Å². The molecular formula is C23H27N3O6. The molecule has 170 valence electrons. The Morgan fingerprint density at radius 1 is 1.09 bits per heavy atom. The number of hydrogen-bond donors (Lipinski definition) is 1. The van der Waals surface area contributed by atoms with Crippen LogP contribution in [-0.2, 0) is 11.3 Å². The van der Waals surface area contributed by atoms with E-state index in [-0.39, 0.29) is 24.2 Å². The maximum Gasteiger partial charge on any atom is 0.269 e. The van der Waals surface area contributed by atoms with Crippen molar-refractivity contribution < 1.29 is 24.0 Å². The second-order valence-electron chi connectivity index (χ2n) is 7.77. The summed E-state index contributed by atoms with van der Waals surface area (Å²) >= 11 is 0. The Labute approximate surface area is 186 Å². The third-order valence-corrected chi connectivity index (χ3v) is 5.55. The Hall–Kier alpha value is -3.62. The number of non-ortho nitro benzene ring substituents is 1. The molecule has 1 aliphatic carbocycles. The first kappa shape index (κ1) is 23.1. The van der Waals surface area contributed by atoms with Gasteiger partial charge in [-0.05, 0) is 42.7 Å². The van der Waals surface area contributed by atoms with Crippen molar-refractivity contribution in [3.8, 4) is 11.5 Å². The Kier molecular flexibility index (Phi) is 7.64. The number of carbonyl (C=O) groups excluding carboxylic acids is 2. The van der Waals surface area contributed by atoms with Gasteiger partial charge in [-0.3, -0.25) is 19.7 Å². The summed E-state index contributed by atoms with van der Waals surface area (Å²) in [6, 6.07) is 11.1. The van der Waals surface area contributed by atoms with Crippen LogP contribution in [0.15, 0.2) is 42.5 Å². The predicted molar refractivity (Wildman–Crippen MR) is 118 cm³/mol.